The minimum Gasteiger partial charge on any atom is -0.497 e. The van der Waals surface area contributed by atoms with Crippen LogP contribution in [0, 0.1) is 0 Å². The van der Waals surface area contributed by atoms with E-state index in [-0.39, 0.29) is 29.9 Å². The zero-order valence-corrected chi connectivity index (χ0v) is 17.7. The van der Waals surface area contributed by atoms with E-state index in [2.05, 4.69) is 25.7 Å². The standard InChI is InChI=1S/C21H27N5O5/c1-29-8-7-18(27)23-14-9-17-20(28)22-11-15(26(17)12-14)10-19-24-25-21(31-19)13-3-5-16(30-2)6-4-13/h3-6,14-15,17H,7-12H2,1-2H3,(H,22,28)(H,23,27)/t14-,15+,17-/m0/s1. The number of fused-ring (bicyclic) bond motifs is 1. The van der Waals surface area contributed by atoms with Gasteiger partial charge in [0.1, 0.15) is 5.75 Å². The number of nitrogens with zero attached hydrogens (tertiary/aromatic N) is 3. The van der Waals surface area contributed by atoms with Crippen LogP contribution in [0.25, 0.3) is 11.5 Å². The molecule has 0 unspecified atom stereocenters. The molecule has 1 aromatic heterocycles. The molecule has 166 valence electrons. The summed E-state index contributed by atoms with van der Waals surface area (Å²) >= 11 is 0. The van der Waals surface area contributed by atoms with Gasteiger partial charge in [-0.15, -0.1) is 10.2 Å². The molecule has 3 heterocycles. The van der Waals surface area contributed by atoms with Gasteiger partial charge >= 0.3 is 0 Å². The van der Waals surface area contributed by atoms with E-state index in [0.717, 1.165) is 11.3 Å². The smallest absolute Gasteiger partial charge is 0.247 e. The number of nitrogens with one attached hydrogen (secondary N) is 2. The molecular weight excluding hydrogens is 402 g/mol. The van der Waals surface area contributed by atoms with Crippen molar-refractivity contribution in [3.05, 3.63) is 30.2 Å². The van der Waals surface area contributed by atoms with Crippen LogP contribution in [0.3, 0.4) is 0 Å². The normalized spacial score (nSPS) is 23.3. The summed E-state index contributed by atoms with van der Waals surface area (Å²) in [6.07, 6.45) is 1.41. The summed E-state index contributed by atoms with van der Waals surface area (Å²) in [6.45, 7) is 1.49. The highest BCUT2D eigenvalue weighted by atomic mass is 16.5. The van der Waals surface area contributed by atoms with E-state index in [4.69, 9.17) is 13.9 Å². The van der Waals surface area contributed by atoms with Crippen LogP contribution in [0.4, 0.5) is 0 Å². The quantitative estimate of drug-likeness (QED) is 0.618. The zero-order chi connectivity index (χ0) is 21.8. The maximum atomic E-state index is 12.4. The molecule has 10 nitrogen and oxygen atoms in total. The zero-order valence-electron chi connectivity index (χ0n) is 17.7. The van der Waals surface area contributed by atoms with Crippen molar-refractivity contribution in [3.8, 4) is 17.2 Å². The second-order valence-corrected chi connectivity index (χ2v) is 7.79. The lowest BCUT2D eigenvalue weighted by Crippen LogP contribution is -2.58. The summed E-state index contributed by atoms with van der Waals surface area (Å²) in [6, 6.07) is 7.09. The molecule has 2 aromatic rings. The van der Waals surface area contributed by atoms with E-state index >= 15 is 0 Å². The Bertz CT molecular complexity index is 915. The van der Waals surface area contributed by atoms with Crippen LogP contribution in [0.15, 0.2) is 28.7 Å². The topological polar surface area (TPSA) is 119 Å². The number of piperazine rings is 1. The molecule has 0 spiro atoms. The third-order valence-electron chi connectivity index (χ3n) is 5.74. The fourth-order valence-corrected chi connectivity index (χ4v) is 4.15. The average Bonchev–Trinajstić information content (AvgIpc) is 3.42. The average molecular weight is 429 g/mol. The van der Waals surface area contributed by atoms with Gasteiger partial charge in [0.25, 0.3) is 0 Å². The first-order valence-corrected chi connectivity index (χ1v) is 10.4. The molecule has 2 aliphatic heterocycles. The predicted octanol–water partition coefficient (Wildman–Crippen LogP) is 0.382. The maximum absolute atomic E-state index is 12.4. The Kier molecular flexibility index (Phi) is 6.47. The molecule has 0 aliphatic carbocycles. The van der Waals surface area contributed by atoms with Gasteiger partial charge in [0.05, 0.1) is 19.8 Å². The number of carbonyl (C=O) groups excluding carboxylic acids is 2. The highest BCUT2D eigenvalue weighted by Gasteiger charge is 2.44. The Morgan fingerprint density at radius 1 is 1.29 bits per heavy atom. The van der Waals surface area contributed by atoms with Gasteiger partial charge in [0.15, 0.2) is 0 Å². The van der Waals surface area contributed by atoms with Crippen LogP contribution < -0.4 is 15.4 Å². The van der Waals surface area contributed by atoms with Gasteiger partial charge in [-0.3, -0.25) is 14.5 Å². The highest BCUT2D eigenvalue weighted by Crippen LogP contribution is 2.27. The summed E-state index contributed by atoms with van der Waals surface area (Å²) in [5, 5.41) is 14.3. The van der Waals surface area contributed by atoms with Crippen molar-refractivity contribution in [1.29, 1.82) is 0 Å². The molecule has 2 amide bonds. The maximum Gasteiger partial charge on any atom is 0.247 e. The van der Waals surface area contributed by atoms with Gasteiger partial charge in [-0.25, -0.2) is 0 Å². The number of hydrogen-bond acceptors (Lipinski definition) is 8. The summed E-state index contributed by atoms with van der Waals surface area (Å²) in [5.41, 5.74) is 0.814. The molecule has 3 atom stereocenters. The van der Waals surface area contributed by atoms with E-state index in [9.17, 15) is 9.59 Å². The van der Waals surface area contributed by atoms with Gasteiger partial charge in [0.2, 0.25) is 23.6 Å². The van der Waals surface area contributed by atoms with Crippen LogP contribution >= 0.6 is 0 Å². The Morgan fingerprint density at radius 2 is 2.10 bits per heavy atom. The molecular formula is C21H27N5O5. The van der Waals surface area contributed by atoms with Gasteiger partial charge in [-0.05, 0) is 30.7 Å². The first-order valence-electron chi connectivity index (χ1n) is 10.4. The van der Waals surface area contributed by atoms with E-state index in [1.807, 2.05) is 24.3 Å². The number of carbonyl (C=O) groups is 2. The Labute approximate surface area is 180 Å². The lowest BCUT2D eigenvalue weighted by Gasteiger charge is -2.36. The molecule has 10 heteroatoms. The van der Waals surface area contributed by atoms with Gasteiger partial charge in [0, 0.05) is 50.7 Å². The first-order chi connectivity index (χ1) is 15.1. The van der Waals surface area contributed by atoms with Crippen molar-refractivity contribution in [2.24, 2.45) is 0 Å². The molecule has 1 aromatic carbocycles. The monoisotopic (exact) mass is 429 g/mol. The fourth-order valence-electron chi connectivity index (χ4n) is 4.15. The molecule has 2 aliphatic rings. The largest absolute Gasteiger partial charge is 0.497 e. The molecule has 0 bridgehead atoms. The second kappa shape index (κ2) is 9.44. The van der Waals surface area contributed by atoms with Gasteiger partial charge < -0.3 is 24.5 Å². The lowest BCUT2D eigenvalue weighted by molar-refractivity contribution is -0.129. The number of aromatic nitrogens is 2. The summed E-state index contributed by atoms with van der Waals surface area (Å²) in [7, 11) is 3.18. The molecule has 2 fully saturated rings. The molecule has 0 saturated carbocycles. The number of ether oxygens (including phenoxy) is 2. The van der Waals surface area contributed by atoms with Crippen LogP contribution in [0.1, 0.15) is 18.7 Å². The molecule has 31 heavy (non-hydrogen) atoms. The number of methoxy groups -OCH3 is 2. The number of hydrogen-bond donors (Lipinski definition) is 2. The van der Waals surface area contributed by atoms with Gasteiger partial charge in [-0.1, -0.05) is 0 Å². The Morgan fingerprint density at radius 3 is 2.84 bits per heavy atom. The third-order valence-corrected chi connectivity index (χ3v) is 5.74. The number of benzene rings is 1. The SMILES string of the molecule is COCCC(=O)N[C@H]1C[C@H]2C(=O)NC[C@@H](Cc3nnc(-c4ccc(OC)cc4)o3)N2C1. The summed E-state index contributed by atoms with van der Waals surface area (Å²) < 4.78 is 16.0. The lowest BCUT2D eigenvalue weighted by atomic mass is 10.1. The van der Waals surface area contributed by atoms with Crippen molar-refractivity contribution >= 4 is 11.8 Å². The highest BCUT2D eigenvalue weighted by molar-refractivity contribution is 5.83. The van der Waals surface area contributed by atoms with Crippen molar-refractivity contribution in [2.45, 2.75) is 37.4 Å². The second-order valence-electron chi connectivity index (χ2n) is 7.79. The van der Waals surface area contributed by atoms with Crippen molar-refractivity contribution in [1.82, 2.24) is 25.7 Å². The molecule has 2 saturated heterocycles. The van der Waals surface area contributed by atoms with Gasteiger partial charge in [-0.2, -0.15) is 0 Å². The summed E-state index contributed by atoms with van der Waals surface area (Å²) in [4.78, 5) is 26.6. The Hall–Kier alpha value is -2.98. The predicted molar refractivity (Wildman–Crippen MR) is 110 cm³/mol. The molecule has 2 N–H and O–H groups in total. The van der Waals surface area contributed by atoms with Crippen LogP contribution in [0.2, 0.25) is 0 Å². The molecule has 4 rings (SSSR count). The third kappa shape index (κ3) is 4.86. The minimum absolute atomic E-state index is 0.00524. The van der Waals surface area contributed by atoms with Crippen molar-refractivity contribution < 1.29 is 23.5 Å². The minimum atomic E-state index is -0.268. The van der Waals surface area contributed by atoms with E-state index in [0.29, 0.717) is 50.7 Å². The summed E-state index contributed by atoms with van der Waals surface area (Å²) in [5.74, 6) is 1.64. The van der Waals surface area contributed by atoms with Crippen LogP contribution in [-0.2, 0) is 20.7 Å². The van der Waals surface area contributed by atoms with Crippen molar-refractivity contribution in [2.75, 3.05) is 33.9 Å². The van der Waals surface area contributed by atoms with E-state index < -0.39 is 0 Å². The van der Waals surface area contributed by atoms with E-state index in [1.165, 1.54) is 0 Å². The first kappa shape index (κ1) is 21.3. The van der Waals surface area contributed by atoms with E-state index in [1.54, 1.807) is 14.2 Å². The van der Waals surface area contributed by atoms with Crippen molar-refractivity contribution in [3.63, 3.8) is 0 Å². The van der Waals surface area contributed by atoms with Crippen LogP contribution in [0.5, 0.6) is 5.75 Å². The van der Waals surface area contributed by atoms with Crippen LogP contribution in [-0.4, -0.2) is 79.0 Å². The fraction of sp³-hybridized carbons (Fsp3) is 0.524. The number of rotatable bonds is 8. The molecule has 0 radical (unpaired) electrons. The Balaban J connectivity index is 1.40. The number of amides is 2.